The number of amides is 1. The zero-order valence-electron chi connectivity index (χ0n) is 9.97. The van der Waals surface area contributed by atoms with Crippen LogP contribution in [0.4, 0.5) is 0 Å². The van der Waals surface area contributed by atoms with Gasteiger partial charge in [-0.25, -0.2) is 0 Å². The Morgan fingerprint density at radius 1 is 1.41 bits per heavy atom. The van der Waals surface area contributed by atoms with Gasteiger partial charge >= 0.3 is 0 Å². The van der Waals surface area contributed by atoms with E-state index in [0.29, 0.717) is 13.0 Å². The predicted octanol–water partition coefficient (Wildman–Crippen LogP) is 1.99. The third-order valence-corrected chi connectivity index (χ3v) is 3.44. The summed E-state index contributed by atoms with van der Waals surface area (Å²) in [6.45, 7) is 2.67. The molecule has 1 heterocycles. The van der Waals surface area contributed by atoms with Crippen LogP contribution in [-0.4, -0.2) is 23.4 Å². The molecule has 2 atom stereocenters. The van der Waals surface area contributed by atoms with Gasteiger partial charge in [0.15, 0.2) is 0 Å². The van der Waals surface area contributed by atoms with Gasteiger partial charge in [0, 0.05) is 19.0 Å². The highest BCUT2D eigenvalue weighted by molar-refractivity contribution is 5.79. The largest absolute Gasteiger partial charge is 0.338 e. The number of carbonyl (C=O) groups excluding carboxylic acids is 1. The van der Waals surface area contributed by atoms with Gasteiger partial charge in [0.2, 0.25) is 5.91 Å². The maximum absolute atomic E-state index is 11.8. The summed E-state index contributed by atoms with van der Waals surface area (Å²) in [4.78, 5) is 13.6. The Hall–Kier alpha value is -1.82. The first-order valence-electron chi connectivity index (χ1n) is 5.95. The zero-order valence-corrected chi connectivity index (χ0v) is 9.97. The van der Waals surface area contributed by atoms with Crippen LogP contribution in [0.2, 0.25) is 0 Å². The van der Waals surface area contributed by atoms with Gasteiger partial charge in [-0.1, -0.05) is 30.3 Å². The Balaban J connectivity index is 1.96. The fourth-order valence-corrected chi connectivity index (χ4v) is 2.30. The van der Waals surface area contributed by atoms with Crippen LogP contribution in [0, 0.1) is 17.2 Å². The molecule has 2 rings (SSSR count). The third-order valence-electron chi connectivity index (χ3n) is 3.44. The van der Waals surface area contributed by atoms with Crippen molar-refractivity contribution in [3.05, 3.63) is 35.9 Å². The first-order chi connectivity index (χ1) is 8.22. The minimum absolute atomic E-state index is 0.0520. The van der Waals surface area contributed by atoms with Crippen LogP contribution in [0.25, 0.3) is 0 Å². The Morgan fingerprint density at radius 2 is 2.12 bits per heavy atom. The summed E-state index contributed by atoms with van der Waals surface area (Å²) in [7, 11) is 0. The first-order valence-corrected chi connectivity index (χ1v) is 5.95. The highest BCUT2D eigenvalue weighted by Crippen LogP contribution is 2.24. The molecule has 3 heteroatoms. The lowest BCUT2D eigenvalue weighted by molar-refractivity contribution is -0.128. The van der Waals surface area contributed by atoms with E-state index < -0.39 is 0 Å². The third kappa shape index (κ3) is 2.47. The van der Waals surface area contributed by atoms with Crippen molar-refractivity contribution in [3.63, 3.8) is 0 Å². The van der Waals surface area contributed by atoms with Gasteiger partial charge in [0.25, 0.3) is 0 Å². The summed E-state index contributed by atoms with van der Waals surface area (Å²) in [5.41, 5.74) is 1.23. The van der Waals surface area contributed by atoms with Gasteiger partial charge in [0.05, 0.1) is 12.0 Å². The van der Waals surface area contributed by atoms with Gasteiger partial charge in [0.1, 0.15) is 0 Å². The normalized spacial score (nSPS) is 23.8. The van der Waals surface area contributed by atoms with Crippen molar-refractivity contribution in [3.8, 4) is 6.07 Å². The Kier molecular flexibility index (Phi) is 3.43. The summed E-state index contributed by atoms with van der Waals surface area (Å²) in [6.07, 6.45) is 1.24. The number of hydrogen-bond donors (Lipinski definition) is 0. The zero-order chi connectivity index (χ0) is 12.3. The number of likely N-dealkylation sites (tertiary alicyclic amines) is 1. The van der Waals surface area contributed by atoms with Crippen molar-refractivity contribution < 1.29 is 4.79 Å². The molecule has 1 amide bonds. The fraction of sp³-hybridized carbons (Fsp3) is 0.429. The molecule has 0 saturated carbocycles. The molecule has 1 aliphatic rings. The summed E-state index contributed by atoms with van der Waals surface area (Å²) < 4.78 is 0. The minimum Gasteiger partial charge on any atom is -0.338 e. The summed E-state index contributed by atoms with van der Waals surface area (Å²) >= 11 is 0. The molecular formula is C14H16N2O. The minimum atomic E-state index is -0.140. The molecule has 3 nitrogen and oxygen atoms in total. The average Bonchev–Trinajstić information content (AvgIpc) is 2.63. The Labute approximate surface area is 102 Å². The van der Waals surface area contributed by atoms with E-state index in [1.165, 1.54) is 5.56 Å². The second-order valence-electron chi connectivity index (χ2n) is 4.50. The average molecular weight is 228 g/mol. The molecule has 0 aromatic heterocycles. The van der Waals surface area contributed by atoms with Gasteiger partial charge in [-0.3, -0.25) is 4.79 Å². The molecule has 0 radical (unpaired) electrons. The second kappa shape index (κ2) is 5.01. The van der Waals surface area contributed by atoms with Gasteiger partial charge < -0.3 is 4.90 Å². The predicted molar refractivity (Wildman–Crippen MR) is 65.0 cm³/mol. The van der Waals surface area contributed by atoms with Crippen molar-refractivity contribution in [1.29, 1.82) is 5.26 Å². The highest BCUT2D eigenvalue weighted by atomic mass is 16.2. The molecule has 1 saturated heterocycles. The molecule has 1 fully saturated rings. The molecule has 17 heavy (non-hydrogen) atoms. The molecule has 1 aromatic rings. The molecule has 0 N–H and O–H groups in total. The van der Waals surface area contributed by atoms with Crippen molar-refractivity contribution in [2.75, 3.05) is 6.54 Å². The summed E-state index contributed by atoms with van der Waals surface area (Å²) in [5, 5.41) is 8.93. The highest BCUT2D eigenvalue weighted by Gasteiger charge is 2.36. The number of benzene rings is 1. The SMILES string of the molecule is CC1C(C#N)CC(=O)N1CCc1ccccc1. The number of nitriles is 1. The standard InChI is InChI=1S/C14H16N2O/c1-11-13(10-15)9-14(17)16(11)8-7-12-5-3-2-4-6-12/h2-6,11,13H,7-9H2,1H3. The molecule has 0 spiro atoms. The lowest BCUT2D eigenvalue weighted by Crippen LogP contribution is -2.34. The van der Waals surface area contributed by atoms with E-state index in [0.717, 1.165) is 6.42 Å². The molecule has 1 aromatic carbocycles. The number of hydrogen-bond acceptors (Lipinski definition) is 2. The number of nitrogens with zero attached hydrogens (tertiary/aromatic N) is 2. The van der Waals surface area contributed by atoms with E-state index in [1.807, 2.05) is 30.0 Å². The van der Waals surface area contributed by atoms with Crippen LogP contribution in [0.15, 0.2) is 30.3 Å². The van der Waals surface area contributed by atoms with E-state index >= 15 is 0 Å². The smallest absolute Gasteiger partial charge is 0.224 e. The first kappa shape index (κ1) is 11.7. The van der Waals surface area contributed by atoms with Crippen LogP contribution in [0.5, 0.6) is 0 Å². The molecule has 88 valence electrons. The van der Waals surface area contributed by atoms with Crippen LogP contribution in [0.3, 0.4) is 0 Å². The number of rotatable bonds is 3. The Bertz CT molecular complexity index is 435. The number of carbonyl (C=O) groups is 1. The lowest BCUT2D eigenvalue weighted by Gasteiger charge is -2.22. The van der Waals surface area contributed by atoms with Crippen LogP contribution in [0.1, 0.15) is 18.9 Å². The monoisotopic (exact) mass is 228 g/mol. The van der Waals surface area contributed by atoms with Crippen LogP contribution in [-0.2, 0) is 11.2 Å². The van der Waals surface area contributed by atoms with E-state index in [9.17, 15) is 4.79 Å². The fourth-order valence-electron chi connectivity index (χ4n) is 2.30. The van der Waals surface area contributed by atoms with Crippen LogP contribution < -0.4 is 0 Å². The maximum atomic E-state index is 11.8. The van der Waals surface area contributed by atoms with Crippen molar-refractivity contribution in [1.82, 2.24) is 4.90 Å². The van der Waals surface area contributed by atoms with Crippen LogP contribution >= 0.6 is 0 Å². The van der Waals surface area contributed by atoms with Crippen molar-refractivity contribution in [2.45, 2.75) is 25.8 Å². The van der Waals surface area contributed by atoms with Gasteiger partial charge in [-0.2, -0.15) is 5.26 Å². The van der Waals surface area contributed by atoms with Crippen molar-refractivity contribution in [2.24, 2.45) is 5.92 Å². The molecule has 0 bridgehead atoms. The Morgan fingerprint density at radius 3 is 2.71 bits per heavy atom. The molecular weight excluding hydrogens is 212 g/mol. The van der Waals surface area contributed by atoms with Gasteiger partial charge in [-0.05, 0) is 18.9 Å². The van der Waals surface area contributed by atoms with E-state index in [4.69, 9.17) is 5.26 Å². The lowest BCUT2D eigenvalue weighted by atomic mass is 10.0. The molecule has 1 aliphatic heterocycles. The quantitative estimate of drug-likeness (QED) is 0.794. The maximum Gasteiger partial charge on any atom is 0.224 e. The van der Waals surface area contributed by atoms with E-state index in [-0.39, 0.29) is 17.9 Å². The van der Waals surface area contributed by atoms with Gasteiger partial charge in [-0.15, -0.1) is 0 Å². The molecule has 0 aliphatic carbocycles. The van der Waals surface area contributed by atoms with E-state index in [2.05, 4.69) is 18.2 Å². The molecule has 2 unspecified atom stereocenters. The summed E-state index contributed by atoms with van der Waals surface area (Å²) in [5.74, 6) is -0.0294. The van der Waals surface area contributed by atoms with E-state index in [1.54, 1.807) is 0 Å². The second-order valence-corrected chi connectivity index (χ2v) is 4.50. The van der Waals surface area contributed by atoms with Crippen molar-refractivity contribution >= 4 is 5.91 Å². The summed E-state index contributed by atoms with van der Waals surface area (Å²) in [6, 6.07) is 12.4. The topological polar surface area (TPSA) is 44.1 Å².